The van der Waals surface area contributed by atoms with E-state index in [1.807, 2.05) is 0 Å². The first-order chi connectivity index (χ1) is 5.74. The van der Waals surface area contributed by atoms with Gasteiger partial charge in [-0.3, -0.25) is 0 Å². The second-order valence-electron chi connectivity index (χ2n) is 1.71. The van der Waals surface area contributed by atoms with Crippen molar-refractivity contribution in [3.05, 3.63) is 17.5 Å². The van der Waals surface area contributed by atoms with E-state index < -0.39 is 6.16 Å². The van der Waals surface area contributed by atoms with Crippen molar-refractivity contribution in [1.82, 2.24) is 9.97 Å². The van der Waals surface area contributed by atoms with E-state index in [9.17, 15) is 4.79 Å². The lowest BCUT2D eigenvalue weighted by Crippen LogP contribution is -2.08. The maximum atomic E-state index is 10.6. The summed E-state index contributed by atoms with van der Waals surface area (Å²) in [6.07, 6.45) is 1.86. The van der Waals surface area contributed by atoms with Crippen LogP contribution >= 0.6 is 11.6 Å². The SMILES string of the molecule is COC(=O)Oc1nccnc1Cl. The maximum absolute atomic E-state index is 10.6. The Kier molecular flexibility index (Phi) is 2.82. The second-order valence-corrected chi connectivity index (χ2v) is 2.07. The molecule has 1 aromatic heterocycles. The van der Waals surface area contributed by atoms with Crippen LogP contribution in [0.2, 0.25) is 5.15 Å². The third-order valence-corrected chi connectivity index (χ3v) is 1.23. The zero-order chi connectivity index (χ0) is 8.97. The molecule has 0 amide bonds. The lowest BCUT2D eigenvalue weighted by Gasteiger charge is -2.00. The normalized spacial score (nSPS) is 9.17. The summed E-state index contributed by atoms with van der Waals surface area (Å²) in [5.74, 6) is -0.0639. The molecule has 0 radical (unpaired) electrons. The predicted molar refractivity (Wildman–Crippen MR) is 40.1 cm³/mol. The molecular weight excluding hydrogens is 184 g/mol. The van der Waals surface area contributed by atoms with Gasteiger partial charge in [0.15, 0.2) is 5.15 Å². The third kappa shape index (κ3) is 2.06. The van der Waals surface area contributed by atoms with Crippen molar-refractivity contribution < 1.29 is 14.3 Å². The van der Waals surface area contributed by atoms with Crippen LogP contribution in [0.4, 0.5) is 4.79 Å². The number of methoxy groups -OCH3 is 1. The van der Waals surface area contributed by atoms with Crippen LogP contribution in [0.3, 0.4) is 0 Å². The highest BCUT2D eigenvalue weighted by atomic mass is 35.5. The molecule has 0 aliphatic carbocycles. The molecule has 0 bridgehead atoms. The molecule has 6 heteroatoms. The molecule has 0 saturated carbocycles. The molecule has 5 nitrogen and oxygen atoms in total. The molecule has 64 valence electrons. The quantitative estimate of drug-likeness (QED) is 0.622. The highest BCUT2D eigenvalue weighted by Crippen LogP contribution is 2.16. The Morgan fingerprint density at radius 2 is 2.17 bits per heavy atom. The zero-order valence-electron chi connectivity index (χ0n) is 6.15. The Hall–Kier alpha value is -1.36. The number of halogens is 1. The Morgan fingerprint density at radius 1 is 1.50 bits per heavy atom. The van der Waals surface area contributed by atoms with Gasteiger partial charge in [-0.05, 0) is 0 Å². The summed E-state index contributed by atoms with van der Waals surface area (Å²) in [5, 5.41) is 0.0166. The first-order valence-corrected chi connectivity index (χ1v) is 3.34. The number of aromatic nitrogens is 2. The summed E-state index contributed by atoms with van der Waals surface area (Å²) in [6.45, 7) is 0. The van der Waals surface area contributed by atoms with Gasteiger partial charge in [-0.25, -0.2) is 14.8 Å². The summed E-state index contributed by atoms with van der Waals surface area (Å²) in [5.41, 5.74) is 0. The molecule has 0 spiro atoms. The average molecular weight is 189 g/mol. The van der Waals surface area contributed by atoms with Crippen molar-refractivity contribution >= 4 is 17.8 Å². The van der Waals surface area contributed by atoms with Gasteiger partial charge >= 0.3 is 6.16 Å². The van der Waals surface area contributed by atoms with Gasteiger partial charge in [0.05, 0.1) is 7.11 Å². The summed E-state index contributed by atoms with van der Waals surface area (Å²) in [4.78, 5) is 17.8. The van der Waals surface area contributed by atoms with Crippen LogP contribution in [-0.2, 0) is 4.74 Å². The van der Waals surface area contributed by atoms with Crippen molar-refractivity contribution in [1.29, 1.82) is 0 Å². The monoisotopic (exact) mass is 188 g/mol. The minimum Gasteiger partial charge on any atom is -0.437 e. The van der Waals surface area contributed by atoms with Gasteiger partial charge in [0.25, 0.3) is 5.88 Å². The topological polar surface area (TPSA) is 61.3 Å². The number of rotatable bonds is 1. The van der Waals surface area contributed by atoms with Gasteiger partial charge in [-0.2, -0.15) is 0 Å². The van der Waals surface area contributed by atoms with E-state index in [0.29, 0.717) is 0 Å². The lowest BCUT2D eigenvalue weighted by molar-refractivity contribution is 0.119. The van der Waals surface area contributed by atoms with Gasteiger partial charge in [0, 0.05) is 12.4 Å². The smallest absolute Gasteiger partial charge is 0.437 e. The number of carbonyl (C=O) groups is 1. The molecule has 1 heterocycles. The Balaban J connectivity index is 2.75. The molecule has 0 saturated heterocycles. The minimum atomic E-state index is -0.877. The highest BCUT2D eigenvalue weighted by molar-refractivity contribution is 6.30. The van der Waals surface area contributed by atoms with Crippen LogP contribution < -0.4 is 4.74 Å². The number of carbonyl (C=O) groups excluding carboxylic acids is 1. The number of nitrogens with zero attached hydrogens (tertiary/aromatic N) is 2. The Labute approximate surface area is 73.3 Å². The predicted octanol–water partition coefficient (Wildman–Crippen LogP) is 1.28. The highest BCUT2D eigenvalue weighted by Gasteiger charge is 2.08. The molecule has 0 aliphatic rings. The second kappa shape index (κ2) is 3.87. The molecular formula is C6H5ClN2O3. The first-order valence-electron chi connectivity index (χ1n) is 2.96. The van der Waals surface area contributed by atoms with Gasteiger partial charge in [-0.15, -0.1) is 0 Å². The van der Waals surface area contributed by atoms with Gasteiger partial charge in [0.2, 0.25) is 0 Å². The molecule has 0 fully saturated rings. The minimum absolute atomic E-state index is 0.0166. The lowest BCUT2D eigenvalue weighted by atomic mass is 10.7. The molecule has 1 rings (SSSR count). The molecule has 0 aromatic carbocycles. The number of hydrogen-bond acceptors (Lipinski definition) is 5. The van der Waals surface area contributed by atoms with E-state index in [1.165, 1.54) is 19.5 Å². The summed E-state index contributed by atoms with van der Waals surface area (Å²) in [6, 6.07) is 0. The van der Waals surface area contributed by atoms with Crippen LogP contribution in [0, 0.1) is 0 Å². The van der Waals surface area contributed by atoms with Crippen molar-refractivity contribution in [3.63, 3.8) is 0 Å². The van der Waals surface area contributed by atoms with E-state index >= 15 is 0 Å². The fourth-order valence-corrected chi connectivity index (χ4v) is 0.641. The van der Waals surface area contributed by atoms with E-state index in [1.54, 1.807) is 0 Å². The van der Waals surface area contributed by atoms with Gasteiger partial charge < -0.3 is 9.47 Å². The van der Waals surface area contributed by atoms with Crippen LogP contribution in [0.15, 0.2) is 12.4 Å². The first kappa shape index (κ1) is 8.73. The molecule has 0 N–H and O–H groups in total. The molecule has 12 heavy (non-hydrogen) atoms. The molecule has 1 aromatic rings. The van der Waals surface area contributed by atoms with Crippen molar-refractivity contribution in [3.8, 4) is 5.88 Å². The largest absolute Gasteiger partial charge is 0.515 e. The van der Waals surface area contributed by atoms with E-state index in [-0.39, 0.29) is 11.0 Å². The van der Waals surface area contributed by atoms with Crippen LogP contribution in [0.1, 0.15) is 0 Å². The van der Waals surface area contributed by atoms with Crippen molar-refractivity contribution in [2.75, 3.05) is 7.11 Å². The Bertz CT molecular complexity index is 292. The number of hydrogen-bond donors (Lipinski definition) is 0. The Morgan fingerprint density at radius 3 is 2.75 bits per heavy atom. The van der Waals surface area contributed by atoms with Gasteiger partial charge in [-0.1, -0.05) is 11.6 Å². The van der Waals surface area contributed by atoms with E-state index in [0.717, 1.165) is 0 Å². The van der Waals surface area contributed by atoms with E-state index in [4.69, 9.17) is 11.6 Å². The van der Waals surface area contributed by atoms with Crippen molar-refractivity contribution in [2.24, 2.45) is 0 Å². The summed E-state index contributed by atoms with van der Waals surface area (Å²) < 4.78 is 8.75. The van der Waals surface area contributed by atoms with Crippen LogP contribution in [-0.4, -0.2) is 23.2 Å². The van der Waals surface area contributed by atoms with Crippen LogP contribution in [0.5, 0.6) is 5.88 Å². The number of ether oxygens (including phenoxy) is 2. The van der Waals surface area contributed by atoms with Gasteiger partial charge in [0.1, 0.15) is 0 Å². The molecule has 0 aliphatic heterocycles. The van der Waals surface area contributed by atoms with Crippen LogP contribution in [0.25, 0.3) is 0 Å². The van der Waals surface area contributed by atoms with E-state index in [2.05, 4.69) is 19.4 Å². The fraction of sp³-hybridized carbons (Fsp3) is 0.167. The summed E-state index contributed by atoms with van der Waals surface area (Å²) in [7, 11) is 1.19. The maximum Gasteiger partial charge on any atom is 0.515 e. The standard InChI is InChI=1S/C6H5ClN2O3/c1-11-6(10)12-5-4(7)8-2-3-9-5/h2-3H,1H3. The zero-order valence-corrected chi connectivity index (χ0v) is 6.91. The third-order valence-electron chi connectivity index (χ3n) is 0.969. The fourth-order valence-electron chi connectivity index (χ4n) is 0.497. The molecule has 0 unspecified atom stereocenters. The molecule has 0 atom stereocenters. The average Bonchev–Trinajstić information content (AvgIpc) is 2.09. The van der Waals surface area contributed by atoms with Crippen molar-refractivity contribution in [2.45, 2.75) is 0 Å². The summed E-state index contributed by atoms with van der Waals surface area (Å²) >= 11 is 5.52.